The van der Waals surface area contributed by atoms with E-state index in [9.17, 15) is 57.4 Å². The Balaban J connectivity index is 0.778. The summed E-state index contributed by atoms with van der Waals surface area (Å²) in [6, 6.07) is 13.0. The third-order valence-corrected chi connectivity index (χ3v) is 14.6. The third-order valence-electron chi connectivity index (χ3n) is 14.6. The topological polar surface area (TPSA) is 257 Å². The number of halogens is 1. The van der Waals surface area contributed by atoms with Gasteiger partial charge in [-0.1, -0.05) is 50.1 Å². The molecule has 8 rings (SSSR count). The molecule has 0 radical (unpaired) electrons. The molecule has 2 aromatic carbocycles. The Kier molecular flexibility index (Phi) is 17.0. The molecule has 2 aromatic heterocycles. The Morgan fingerprint density at radius 3 is 2.27 bits per heavy atom. The molecule has 19 heteroatoms. The number of benzene rings is 2. The fraction of sp³-hybridized carbons (Fsp3) is 0.446. The van der Waals surface area contributed by atoms with Crippen LogP contribution in [0.5, 0.6) is 0 Å². The van der Waals surface area contributed by atoms with E-state index in [1.54, 1.807) is 13.0 Å². The highest BCUT2D eigenvalue weighted by Crippen LogP contribution is 2.45. The Morgan fingerprint density at radius 1 is 0.813 bits per heavy atom. The SMILES string of the molecule is CC[C@@]1(O)C(=O)OCc2c1cc1n(c2=O)Cc2c-1nc1cc(F)cc3c1c2[C@@H](NC(=O)CCCCCC(=O)CNC(=O)[C@@H](CC(=O)CNC(=O)CCC(=O)CCCCCN1C(=O)C=CC1=O)Cc1ccccc1)CC3. The number of hydrogen-bond acceptors (Lipinski definition) is 13. The van der Waals surface area contributed by atoms with Gasteiger partial charge in [-0.2, -0.15) is 0 Å². The van der Waals surface area contributed by atoms with Gasteiger partial charge in [0.2, 0.25) is 17.7 Å². The molecule has 75 heavy (non-hydrogen) atoms. The molecule has 18 nitrogen and oxygen atoms in total. The van der Waals surface area contributed by atoms with Crippen LogP contribution in [0.2, 0.25) is 0 Å². The molecule has 1 aliphatic carbocycles. The number of ether oxygens (including phenoxy) is 1. The van der Waals surface area contributed by atoms with Crippen molar-refractivity contribution in [3.05, 3.63) is 110 Å². The van der Waals surface area contributed by atoms with Crippen molar-refractivity contribution < 1.29 is 57.4 Å². The molecule has 0 bridgehead atoms. The molecule has 394 valence electrons. The summed E-state index contributed by atoms with van der Waals surface area (Å²) in [4.78, 5) is 134. The number of aromatic nitrogens is 2. The molecule has 0 saturated carbocycles. The number of carbonyl (C=O) groups excluding carboxylic acids is 9. The second kappa shape index (κ2) is 23.8. The number of esters is 1. The van der Waals surface area contributed by atoms with Crippen molar-refractivity contribution in [2.45, 2.75) is 134 Å². The number of ketones is 3. The van der Waals surface area contributed by atoms with Crippen LogP contribution in [0.25, 0.3) is 22.3 Å². The van der Waals surface area contributed by atoms with Gasteiger partial charge in [0.25, 0.3) is 17.4 Å². The molecule has 0 spiro atoms. The minimum absolute atomic E-state index is 0.00482. The number of rotatable bonds is 26. The lowest BCUT2D eigenvalue weighted by molar-refractivity contribution is -0.172. The Hall–Kier alpha value is -7.54. The van der Waals surface area contributed by atoms with Gasteiger partial charge in [-0.05, 0) is 80.2 Å². The summed E-state index contributed by atoms with van der Waals surface area (Å²) in [6.45, 7) is 1.15. The van der Waals surface area contributed by atoms with Crippen LogP contribution in [-0.2, 0) is 79.5 Å². The number of hydrogen-bond donors (Lipinski definition) is 4. The van der Waals surface area contributed by atoms with Gasteiger partial charge in [-0.15, -0.1) is 0 Å². The zero-order valence-electron chi connectivity index (χ0n) is 41.9. The molecule has 4 N–H and O–H groups in total. The van der Waals surface area contributed by atoms with Crippen molar-refractivity contribution in [3.63, 3.8) is 0 Å². The van der Waals surface area contributed by atoms with Crippen molar-refractivity contribution >= 4 is 63.8 Å². The zero-order valence-corrected chi connectivity index (χ0v) is 41.9. The predicted octanol–water partition coefficient (Wildman–Crippen LogP) is 4.73. The molecule has 5 heterocycles. The first-order valence-corrected chi connectivity index (χ1v) is 25.8. The van der Waals surface area contributed by atoms with Crippen LogP contribution >= 0.6 is 0 Å². The maximum atomic E-state index is 15.0. The van der Waals surface area contributed by atoms with Gasteiger partial charge in [0.05, 0.1) is 48.1 Å². The molecular weight excluding hydrogens is 968 g/mol. The van der Waals surface area contributed by atoms with Gasteiger partial charge >= 0.3 is 5.97 Å². The van der Waals surface area contributed by atoms with Crippen LogP contribution < -0.4 is 21.5 Å². The molecule has 0 unspecified atom stereocenters. The number of pyridine rings is 2. The van der Waals surface area contributed by atoms with Gasteiger partial charge in [0, 0.05) is 85.7 Å². The molecule has 3 atom stereocenters. The number of imide groups is 1. The van der Waals surface area contributed by atoms with Crippen LogP contribution in [-0.4, -0.2) is 92.0 Å². The van der Waals surface area contributed by atoms with E-state index in [1.165, 1.54) is 28.9 Å². The van der Waals surface area contributed by atoms with Gasteiger partial charge in [0.1, 0.15) is 18.2 Å². The fourth-order valence-corrected chi connectivity index (χ4v) is 10.5. The number of aliphatic hydroxyl groups is 1. The van der Waals surface area contributed by atoms with Crippen molar-refractivity contribution in [1.29, 1.82) is 0 Å². The number of aryl methyl sites for hydroxylation is 1. The number of Topliss-reactive ketones (excluding diaryl/α,β-unsaturated/α-hetero) is 3. The van der Waals surface area contributed by atoms with E-state index in [2.05, 4.69) is 16.0 Å². The maximum absolute atomic E-state index is 15.0. The van der Waals surface area contributed by atoms with Crippen molar-refractivity contribution in [2.75, 3.05) is 19.6 Å². The number of nitrogens with zero attached hydrogens (tertiary/aromatic N) is 3. The first-order valence-electron chi connectivity index (χ1n) is 25.8. The maximum Gasteiger partial charge on any atom is 0.343 e. The average Bonchev–Trinajstić information content (AvgIpc) is 3.93. The number of nitrogens with one attached hydrogen (secondary N) is 3. The second-order valence-electron chi connectivity index (χ2n) is 19.8. The monoisotopic (exact) mass is 1030 g/mol. The van der Waals surface area contributed by atoms with E-state index in [4.69, 9.17) is 9.72 Å². The summed E-state index contributed by atoms with van der Waals surface area (Å²) >= 11 is 0. The average molecular weight is 1030 g/mol. The molecule has 4 aliphatic rings. The van der Waals surface area contributed by atoms with Crippen LogP contribution in [0.15, 0.2) is 65.5 Å². The number of carbonyl (C=O) groups is 9. The van der Waals surface area contributed by atoms with E-state index < -0.39 is 52.5 Å². The summed E-state index contributed by atoms with van der Waals surface area (Å²) in [6.07, 6.45) is 7.06. The first kappa shape index (κ1) is 53.7. The molecule has 5 amide bonds. The van der Waals surface area contributed by atoms with E-state index in [0.717, 1.165) is 21.6 Å². The summed E-state index contributed by atoms with van der Waals surface area (Å²) in [5.74, 6) is -4.75. The third kappa shape index (κ3) is 12.4. The number of fused-ring (bicyclic) bond motifs is 5. The van der Waals surface area contributed by atoms with Gasteiger partial charge in [0.15, 0.2) is 17.2 Å². The van der Waals surface area contributed by atoms with Crippen molar-refractivity contribution in [1.82, 2.24) is 30.4 Å². The van der Waals surface area contributed by atoms with Crippen LogP contribution in [0.4, 0.5) is 4.39 Å². The lowest BCUT2D eigenvalue weighted by Gasteiger charge is -2.31. The highest BCUT2D eigenvalue weighted by atomic mass is 19.1. The highest BCUT2D eigenvalue weighted by Gasteiger charge is 2.46. The molecule has 4 aromatic rings. The number of unbranched alkanes of at least 4 members (excludes halogenated alkanes) is 4. The Morgan fingerprint density at radius 2 is 1.52 bits per heavy atom. The first-order chi connectivity index (χ1) is 36.0. The van der Waals surface area contributed by atoms with E-state index in [0.29, 0.717) is 79.2 Å². The summed E-state index contributed by atoms with van der Waals surface area (Å²) in [5, 5.41) is 20.4. The zero-order chi connectivity index (χ0) is 53.4. The molecule has 3 aliphatic heterocycles. The molecule has 0 saturated heterocycles. The minimum atomic E-state index is -2.02. The van der Waals surface area contributed by atoms with Gasteiger partial charge in [-0.3, -0.25) is 48.1 Å². The van der Waals surface area contributed by atoms with Crippen LogP contribution in [0.3, 0.4) is 0 Å². The van der Waals surface area contributed by atoms with Gasteiger partial charge < -0.3 is 30.4 Å². The molecule has 0 fully saturated rings. The smallest absolute Gasteiger partial charge is 0.343 e. The lowest BCUT2D eigenvalue weighted by Crippen LogP contribution is -2.44. The van der Waals surface area contributed by atoms with Crippen molar-refractivity contribution in [3.8, 4) is 11.4 Å². The highest BCUT2D eigenvalue weighted by molar-refractivity contribution is 6.12. The standard InChI is InChI=1S/C56H61FN6O12/c1-2-56(74)42-28-45-52-40(31-63(45)54(72)41(42)32-75-55(56)73)51-43(19-17-34-25-36(57)27-44(61-52)50(34)51)60-47(68)16-10-4-8-15-38(65)29-59-53(71)35(24-33-12-6-3-7-13-33)26-39(66)30-58-46(67)20-18-37(64)14-9-5-11-23-62-48(69)21-22-49(62)70/h3,6-7,12-13,21-22,25,27-28,35,43,74H,2,4-5,8-11,14-20,23-24,26,29-32H2,1H3,(H,58,67)(H,59,71)(H,60,68)/t35-,43+,56+/m1/s1. The lowest BCUT2D eigenvalue weighted by atomic mass is 9.83. The van der Waals surface area contributed by atoms with Crippen molar-refractivity contribution in [2.24, 2.45) is 5.92 Å². The summed E-state index contributed by atoms with van der Waals surface area (Å²) < 4.78 is 21.7. The largest absolute Gasteiger partial charge is 0.458 e. The normalized spacial score (nSPS) is 17.5. The quantitative estimate of drug-likeness (QED) is 0.0333. The predicted molar refractivity (Wildman–Crippen MR) is 270 cm³/mol. The summed E-state index contributed by atoms with van der Waals surface area (Å²) in [5.41, 5.74) is 2.01. The van der Waals surface area contributed by atoms with E-state index in [1.807, 2.05) is 30.3 Å². The van der Waals surface area contributed by atoms with Crippen LogP contribution in [0.1, 0.15) is 136 Å². The minimum Gasteiger partial charge on any atom is -0.458 e. The molecular formula is C56H61FN6O12. The Labute approximate surface area is 431 Å². The second-order valence-corrected chi connectivity index (χ2v) is 19.8. The summed E-state index contributed by atoms with van der Waals surface area (Å²) in [7, 11) is 0. The number of amides is 5. The van der Waals surface area contributed by atoms with Gasteiger partial charge in [-0.25, -0.2) is 14.2 Å². The number of cyclic esters (lactones) is 1. The fourth-order valence-electron chi connectivity index (χ4n) is 10.5. The van der Waals surface area contributed by atoms with Crippen LogP contribution in [0, 0.1) is 11.7 Å². The van der Waals surface area contributed by atoms with E-state index in [-0.39, 0.29) is 125 Å². The Bertz CT molecular complexity index is 3040. The van der Waals surface area contributed by atoms with E-state index >= 15 is 0 Å².